The van der Waals surface area contributed by atoms with Crippen LogP contribution >= 0.6 is 15.9 Å². The molecule has 0 aliphatic rings. The Labute approximate surface area is 127 Å². The zero-order chi connectivity index (χ0) is 13.9. The monoisotopic (exact) mass is 328 g/mol. The van der Waals surface area contributed by atoms with Gasteiger partial charge in [0.15, 0.2) is 0 Å². The van der Waals surface area contributed by atoms with Crippen LogP contribution in [-0.2, 0) is 13.0 Å². The summed E-state index contributed by atoms with van der Waals surface area (Å²) in [5.41, 5.74) is 5.05. The van der Waals surface area contributed by atoms with E-state index in [-0.39, 0.29) is 0 Å². The van der Waals surface area contributed by atoms with Crippen LogP contribution in [0.25, 0.3) is 10.9 Å². The molecule has 3 heteroatoms. The van der Waals surface area contributed by atoms with Gasteiger partial charge in [0.2, 0.25) is 0 Å². The van der Waals surface area contributed by atoms with Gasteiger partial charge in [-0.25, -0.2) is 0 Å². The van der Waals surface area contributed by atoms with Crippen LogP contribution in [0.15, 0.2) is 53.1 Å². The van der Waals surface area contributed by atoms with E-state index in [0.717, 1.165) is 17.4 Å². The van der Waals surface area contributed by atoms with Crippen molar-refractivity contribution < 1.29 is 0 Å². The normalized spacial score (nSPS) is 10.9. The molecule has 1 heterocycles. The van der Waals surface area contributed by atoms with Crippen LogP contribution in [0.2, 0.25) is 0 Å². The summed E-state index contributed by atoms with van der Waals surface area (Å²) in [5, 5.41) is 4.81. The number of H-pyrrole nitrogens is 1. The molecule has 0 spiro atoms. The molecule has 2 aromatic carbocycles. The van der Waals surface area contributed by atoms with Crippen LogP contribution in [0.1, 0.15) is 18.1 Å². The molecule has 20 heavy (non-hydrogen) atoms. The van der Waals surface area contributed by atoms with E-state index in [0.29, 0.717) is 0 Å². The Hall–Kier alpha value is -1.74. The first-order valence-corrected chi connectivity index (χ1v) is 7.64. The van der Waals surface area contributed by atoms with Crippen LogP contribution in [0.4, 0.5) is 5.69 Å². The van der Waals surface area contributed by atoms with E-state index < -0.39 is 0 Å². The molecule has 0 saturated heterocycles. The van der Waals surface area contributed by atoms with Crippen molar-refractivity contribution in [3.8, 4) is 0 Å². The Kier molecular flexibility index (Phi) is 3.79. The van der Waals surface area contributed by atoms with Gasteiger partial charge in [-0.2, -0.15) is 0 Å². The quantitative estimate of drug-likeness (QED) is 0.684. The van der Waals surface area contributed by atoms with Crippen molar-refractivity contribution in [3.05, 3.63) is 64.3 Å². The Balaban J connectivity index is 1.84. The van der Waals surface area contributed by atoms with Gasteiger partial charge >= 0.3 is 0 Å². The van der Waals surface area contributed by atoms with Crippen molar-refractivity contribution >= 4 is 32.5 Å². The van der Waals surface area contributed by atoms with Crippen LogP contribution < -0.4 is 5.32 Å². The maximum atomic E-state index is 3.55. The first-order chi connectivity index (χ1) is 9.78. The number of hydrogen-bond acceptors (Lipinski definition) is 1. The fourth-order valence-electron chi connectivity index (χ4n) is 2.51. The van der Waals surface area contributed by atoms with Crippen molar-refractivity contribution in [2.24, 2.45) is 0 Å². The smallest absolute Gasteiger partial charge is 0.0504 e. The summed E-state index contributed by atoms with van der Waals surface area (Å²) in [6.45, 7) is 3.01. The van der Waals surface area contributed by atoms with Gasteiger partial charge in [0.25, 0.3) is 0 Å². The first-order valence-electron chi connectivity index (χ1n) is 6.85. The Morgan fingerprint density at radius 2 is 2.00 bits per heavy atom. The minimum Gasteiger partial charge on any atom is -0.381 e. The zero-order valence-electron chi connectivity index (χ0n) is 11.4. The fourth-order valence-corrected chi connectivity index (χ4v) is 2.92. The maximum Gasteiger partial charge on any atom is 0.0504 e. The number of nitrogens with one attached hydrogen (secondary N) is 2. The van der Waals surface area contributed by atoms with E-state index in [2.05, 4.69) is 75.6 Å². The zero-order valence-corrected chi connectivity index (χ0v) is 13.0. The highest BCUT2D eigenvalue weighted by Crippen LogP contribution is 2.23. The molecule has 102 valence electrons. The predicted octanol–water partition coefficient (Wildman–Crippen LogP) is 5.10. The highest BCUT2D eigenvalue weighted by molar-refractivity contribution is 9.10. The third-order valence-corrected chi connectivity index (χ3v) is 4.08. The van der Waals surface area contributed by atoms with E-state index >= 15 is 0 Å². The third-order valence-electron chi connectivity index (χ3n) is 3.59. The molecule has 0 aliphatic carbocycles. The topological polar surface area (TPSA) is 27.8 Å². The van der Waals surface area contributed by atoms with Gasteiger partial charge in [0.05, 0.1) is 5.52 Å². The van der Waals surface area contributed by atoms with Crippen molar-refractivity contribution in [3.63, 3.8) is 0 Å². The highest BCUT2D eigenvalue weighted by Gasteiger charge is 2.04. The Morgan fingerprint density at radius 3 is 2.85 bits per heavy atom. The molecule has 0 fully saturated rings. The number of rotatable bonds is 4. The summed E-state index contributed by atoms with van der Waals surface area (Å²) in [5.74, 6) is 0. The number of hydrogen-bond donors (Lipinski definition) is 2. The van der Waals surface area contributed by atoms with Crippen molar-refractivity contribution in [1.29, 1.82) is 0 Å². The van der Waals surface area contributed by atoms with Crippen LogP contribution in [0.3, 0.4) is 0 Å². The van der Waals surface area contributed by atoms with Crippen LogP contribution in [0, 0.1) is 0 Å². The summed E-state index contributed by atoms with van der Waals surface area (Å²) < 4.78 is 1.13. The molecule has 0 atom stereocenters. The van der Waals surface area contributed by atoms with E-state index in [1.807, 2.05) is 6.20 Å². The summed E-state index contributed by atoms with van der Waals surface area (Å²) >= 11 is 3.53. The van der Waals surface area contributed by atoms with Gasteiger partial charge in [-0.15, -0.1) is 0 Å². The summed E-state index contributed by atoms with van der Waals surface area (Å²) in [7, 11) is 0. The number of aryl methyl sites for hydroxylation is 1. The van der Waals surface area contributed by atoms with Gasteiger partial charge in [0, 0.05) is 22.9 Å². The van der Waals surface area contributed by atoms with Gasteiger partial charge in [-0.1, -0.05) is 41.1 Å². The minimum absolute atomic E-state index is 0.826. The highest BCUT2D eigenvalue weighted by atomic mass is 79.9. The molecule has 3 aromatic rings. The number of halogens is 1. The lowest BCUT2D eigenvalue weighted by Gasteiger charge is -2.12. The molecule has 0 saturated carbocycles. The minimum atomic E-state index is 0.826. The number of aromatic nitrogens is 1. The Morgan fingerprint density at radius 1 is 1.10 bits per heavy atom. The average Bonchev–Trinajstić information content (AvgIpc) is 2.94. The summed E-state index contributed by atoms with van der Waals surface area (Å²) in [4.78, 5) is 3.31. The molecule has 0 aliphatic heterocycles. The molecule has 0 radical (unpaired) electrons. The second-order valence-corrected chi connectivity index (χ2v) is 5.78. The van der Waals surface area contributed by atoms with E-state index in [1.165, 1.54) is 27.7 Å². The lowest BCUT2D eigenvalue weighted by atomic mass is 10.1. The third kappa shape index (κ3) is 2.59. The molecular weight excluding hydrogens is 312 g/mol. The van der Waals surface area contributed by atoms with E-state index in [1.54, 1.807) is 0 Å². The van der Waals surface area contributed by atoms with Gasteiger partial charge in [0.1, 0.15) is 0 Å². The van der Waals surface area contributed by atoms with Crippen molar-refractivity contribution in [1.82, 2.24) is 4.98 Å². The van der Waals surface area contributed by atoms with Crippen molar-refractivity contribution in [2.75, 3.05) is 5.32 Å². The van der Waals surface area contributed by atoms with Crippen LogP contribution in [-0.4, -0.2) is 4.98 Å². The maximum absolute atomic E-state index is 3.55. The van der Waals surface area contributed by atoms with Crippen LogP contribution in [0.5, 0.6) is 0 Å². The standard InChI is InChI=1S/C17H17BrN2/c1-2-12-10-15(18)6-7-16(12)20-11-14-5-3-4-13-8-9-19-17(13)14/h3-10,19-20H,2,11H2,1H3. The SMILES string of the molecule is CCc1cc(Br)ccc1NCc1cccc2cc[nH]c12. The number of fused-ring (bicyclic) bond motifs is 1. The molecule has 2 nitrogen and oxygen atoms in total. The first kappa shape index (κ1) is 13.3. The largest absolute Gasteiger partial charge is 0.381 e. The average molecular weight is 329 g/mol. The number of para-hydroxylation sites is 1. The second-order valence-electron chi connectivity index (χ2n) is 4.87. The molecule has 2 N–H and O–H groups in total. The molecule has 0 bridgehead atoms. The molecule has 0 amide bonds. The molecule has 0 unspecified atom stereocenters. The summed E-state index contributed by atoms with van der Waals surface area (Å²) in [6.07, 6.45) is 3.01. The molecular formula is C17H17BrN2. The summed E-state index contributed by atoms with van der Waals surface area (Å²) in [6, 6.07) is 14.9. The van der Waals surface area contributed by atoms with Gasteiger partial charge < -0.3 is 10.3 Å². The predicted molar refractivity (Wildman–Crippen MR) is 89.1 cm³/mol. The van der Waals surface area contributed by atoms with Gasteiger partial charge in [-0.3, -0.25) is 0 Å². The lowest BCUT2D eigenvalue weighted by Crippen LogP contribution is -2.02. The number of aromatic amines is 1. The second kappa shape index (κ2) is 5.71. The molecule has 3 rings (SSSR count). The van der Waals surface area contributed by atoms with Gasteiger partial charge in [-0.05, 0) is 47.2 Å². The fraction of sp³-hybridized carbons (Fsp3) is 0.176. The lowest BCUT2D eigenvalue weighted by molar-refractivity contribution is 1.09. The van der Waals surface area contributed by atoms with E-state index in [4.69, 9.17) is 0 Å². The van der Waals surface area contributed by atoms with Crippen molar-refractivity contribution in [2.45, 2.75) is 19.9 Å². The van der Waals surface area contributed by atoms with E-state index in [9.17, 15) is 0 Å². The Bertz CT molecular complexity index is 731. The number of benzene rings is 2. The molecule has 1 aromatic heterocycles. The number of anilines is 1.